The summed E-state index contributed by atoms with van der Waals surface area (Å²) in [6.45, 7) is 4.44. The molecule has 0 N–H and O–H groups in total. The van der Waals surface area contributed by atoms with Crippen LogP contribution in [-0.2, 0) is 6.42 Å². The fourth-order valence-electron chi connectivity index (χ4n) is 5.32. The van der Waals surface area contributed by atoms with Crippen LogP contribution in [0.3, 0.4) is 0 Å². The summed E-state index contributed by atoms with van der Waals surface area (Å²) < 4.78 is 0. The van der Waals surface area contributed by atoms with Crippen molar-refractivity contribution in [2.45, 2.75) is 70.6 Å². The summed E-state index contributed by atoms with van der Waals surface area (Å²) in [5, 5.41) is 0. The first-order valence-corrected chi connectivity index (χ1v) is 12.6. The Hall–Kier alpha value is -2.60. The van der Waals surface area contributed by atoms with E-state index >= 15 is 0 Å². The standard InChI is InChI=1S/C32H38/c1-3-4-6-9-26-12-16-29(17-13-26)31-20-22-32(23-21-31)30-18-14-27(15-19-30)24-25(2)28-10-7-5-8-11-28/h3-5,7-8,10-11,14-15,18-23,25-26,29H,6,9,12-13,16-17,24H2,1-2H3/t25-,26?,29?/m1/s1. The van der Waals surface area contributed by atoms with Gasteiger partial charge in [-0.1, -0.05) is 97.9 Å². The Balaban J connectivity index is 1.32. The molecule has 0 heteroatoms. The van der Waals surface area contributed by atoms with E-state index in [2.05, 4.69) is 105 Å². The molecule has 0 saturated heterocycles. The fourth-order valence-corrected chi connectivity index (χ4v) is 5.32. The molecule has 0 aliphatic heterocycles. The number of benzene rings is 3. The van der Waals surface area contributed by atoms with Gasteiger partial charge in [0.2, 0.25) is 0 Å². The van der Waals surface area contributed by atoms with Crippen molar-refractivity contribution in [1.29, 1.82) is 0 Å². The van der Waals surface area contributed by atoms with Gasteiger partial charge >= 0.3 is 0 Å². The van der Waals surface area contributed by atoms with E-state index in [-0.39, 0.29) is 0 Å². The average Bonchev–Trinajstić information content (AvgIpc) is 2.86. The van der Waals surface area contributed by atoms with E-state index in [9.17, 15) is 0 Å². The monoisotopic (exact) mass is 422 g/mol. The summed E-state index contributed by atoms with van der Waals surface area (Å²) in [5.74, 6) is 2.23. The number of hydrogen-bond acceptors (Lipinski definition) is 0. The molecule has 1 fully saturated rings. The van der Waals surface area contributed by atoms with E-state index in [0.717, 1.165) is 18.3 Å². The molecule has 1 aliphatic carbocycles. The van der Waals surface area contributed by atoms with Crippen molar-refractivity contribution >= 4 is 0 Å². The van der Waals surface area contributed by atoms with Crippen molar-refractivity contribution in [2.75, 3.05) is 0 Å². The molecule has 0 nitrogen and oxygen atoms in total. The molecule has 0 amide bonds. The van der Waals surface area contributed by atoms with Gasteiger partial charge in [0.05, 0.1) is 0 Å². The second-order valence-corrected chi connectivity index (χ2v) is 9.70. The zero-order valence-electron chi connectivity index (χ0n) is 19.8. The van der Waals surface area contributed by atoms with Crippen LogP contribution in [0.1, 0.15) is 80.9 Å². The van der Waals surface area contributed by atoms with Crippen LogP contribution in [0, 0.1) is 5.92 Å². The van der Waals surface area contributed by atoms with Crippen LogP contribution in [0.25, 0.3) is 11.1 Å². The maximum atomic E-state index is 2.38. The number of allylic oxidation sites excluding steroid dienone is 2. The molecule has 1 aliphatic rings. The topological polar surface area (TPSA) is 0 Å². The average molecular weight is 423 g/mol. The molecule has 3 aromatic rings. The minimum absolute atomic E-state index is 0.541. The zero-order valence-corrected chi connectivity index (χ0v) is 19.8. The van der Waals surface area contributed by atoms with Crippen LogP contribution in [0.2, 0.25) is 0 Å². The predicted octanol–water partition coefficient (Wildman–Crippen LogP) is 9.33. The Morgan fingerprint density at radius 1 is 0.781 bits per heavy atom. The second kappa shape index (κ2) is 11.3. The molecule has 0 bridgehead atoms. The lowest BCUT2D eigenvalue weighted by Crippen LogP contribution is -2.13. The summed E-state index contributed by atoms with van der Waals surface area (Å²) >= 11 is 0. The van der Waals surface area contributed by atoms with Gasteiger partial charge in [0, 0.05) is 0 Å². The van der Waals surface area contributed by atoms with Crippen molar-refractivity contribution in [2.24, 2.45) is 5.92 Å². The van der Waals surface area contributed by atoms with Crippen molar-refractivity contribution in [3.63, 3.8) is 0 Å². The maximum absolute atomic E-state index is 2.38. The fraction of sp³-hybridized carbons (Fsp3) is 0.375. The first-order chi connectivity index (χ1) is 15.7. The molecular weight excluding hydrogens is 384 g/mol. The molecule has 4 rings (SSSR count). The lowest BCUT2D eigenvalue weighted by Gasteiger charge is -2.28. The SMILES string of the molecule is CC=CCCC1CCC(c2ccc(-c3ccc(C[C@@H](C)c4ccccc4)cc3)cc2)CC1. The molecule has 0 heterocycles. The van der Waals surface area contributed by atoms with Gasteiger partial charge < -0.3 is 0 Å². The van der Waals surface area contributed by atoms with Gasteiger partial charge in [-0.3, -0.25) is 0 Å². The Kier molecular flexibility index (Phi) is 7.99. The Bertz CT molecular complexity index is 955. The van der Waals surface area contributed by atoms with Crippen LogP contribution in [-0.4, -0.2) is 0 Å². The van der Waals surface area contributed by atoms with Gasteiger partial charge in [-0.05, 0) is 97.4 Å². The van der Waals surface area contributed by atoms with Crippen LogP contribution < -0.4 is 0 Å². The molecule has 0 unspecified atom stereocenters. The molecule has 0 radical (unpaired) electrons. The normalized spacial score (nSPS) is 19.8. The van der Waals surface area contributed by atoms with E-state index in [1.807, 2.05) is 0 Å². The molecule has 3 aromatic carbocycles. The molecule has 0 spiro atoms. The Morgan fingerprint density at radius 3 is 2.03 bits per heavy atom. The van der Waals surface area contributed by atoms with Crippen molar-refractivity contribution in [3.8, 4) is 11.1 Å². The second-order valence-electron chi connectivity index (χ2n) is 9.70. The third kappa shape index (κ3) is 6.00. The minimum Gasteiger partial charge on any atom is -0.0917 e. The van der Waals surface area contributed by atoms with E-state index in [0.29, 0.717) is 5.92 Å². The van der Waals surface area contributed by atoms with Crippen LogP contribution >= 0.6 is 0 Å². The first-order valence-electron chi connectivity index (χ1n) is 12.6. The lowest BCUT2D eigenvalue weighted by atomic mass is 9.77. The van der Waals surface area contributed by atoms with Gasteiger partial charge in [0.1, 0.15) is 0 Å². The smallest absolute Gasteiger partial charge is 0.0150 e. The highest BCUT2D eigenvalue weighted by molar-refractivity contribution is 5.64. The molecule has 166 valence electrons. The van der Waals surface area contributed by atoms with Crippen LogP contribution in [0.15, 0.2) is 91.0 Å². The van der Waals surface area contributed by atoms with E-state index in [1.54, 1.807) is 0 Å². The zero-order chi connectivity index (χ0) is 22.2. The third-order valence-electron chi connectivity index (χ3n) is 7.40. The maximum Gasteiger partial charge on any atom is -0.0150 e. The Labute approximate surface area is 195 Å². The predicted molar refractivity (Wildman–Crippen MR) is 139 cm³/mol. The molecule has 1 saturated carbocycles. The summed E-state index contributed by atoms with van der Waals surface area (Å²) in [4.78, 5) is 0. The largest absolute Gasteiger partial charge is 0.0917 e. The highest BCUT2D eigenvalue weighted by Crippen LogP contribution is 2.38. The van der Waals surface area contributed by atoms with Crippen molar-refractivity contribution < 1.29 is 0 Å². The number of hydrogen-bond donors (Lipinski definition) is 0. The summed E-state index contributed by atoms with van der Waals surface area (Å²) in [6.07, 6.45) is 13.7. The molecule has 0 aromatic heterocycles. The van der Waals surface area contributed by atoms with Gasteiger partial charge in [-0.15, -0.1) is 0 Å². The third-order valence-corrected chi connectivity index (χ3v) is 7.40. The van der Waals surface area contributed by atoms with Gasteiger partial charge in [-0.25, -0.2) is 0 Å². The van der Waals surface area contributed by atoms with E-state index < -0.39 is 0 Å². The lowest BCUT2D eigenvalue weighted by molar-refractivity contribution is 0.312. The summed E-state index contributed by atoms with van der Waals surface area (Å²) in [7, 11) is 0. The molecular formula is C32H38. The quantitative estimate of drug-likeness (QED) is 0.317. The van der Waals surface area contributed by atoms with Crippen molar-refractivity contribution in [3.05, 3.63) is 108 Å². The summed E-state index contributed by atoms with van der Waals surface area (Å²) in [6, 6.07) is 29.4. The van der Waals surface area contributed by atoms with Crippen molar-refractivity contribution in [1.82, 2.24) is 0 Å². The first kappa shape index (κ1) is 22.6. The molecule has 1 atom stereocenters. The number of rotatable bonds is 8. The van der Waals surface area contributed by atoms with E-state index in [1.165, 1.54) is 66.3 Å². The van der Waals surface area contributed by atoms with E-state index in [4.69, 9.17) is 0 Å². The summed E-state index contributed by atoms with van der Waals surface area (Å²) in [5.41, 5.74) is 7.01. The highest BCUT2D eigenvalue weighted by atomic mass is 14.3. The minimum atomic E-state index is 0.541. The van der Waals surface area contributed by atoms with Crippen LogP contribution in [0.5, 0.6) is 0 Å². The van der Waals surface area contributed by atoms with Gasteiger partial charge in [-0.2, -0.15) is 0 Å². The van der Waals surface area contributed by atoms with Crippen LogP contribution in [0.4, 0.5) is 0 Å². The van der Waals surface area contributed by atoms with Gasteiger partial charge in [0.25, 0.3) is 0 Å². The molecule has 32 heavy (non-hydrogen) atoms. The Morgan fingerprint density at radius 2 is 1.41 bits per heavy atom. The highest BCUT2D eigenvalue weighted by Gasteiger charge is 2.21. The van der Waals surface area contributed by atoms with Gasteiger partial charge in [0.15, 0.2) is 0 Å².